The van der Waals surface area contributed by atoms with E-state index >= 15 is 0 Å². The van der Waals surface area contributed by atoms with Gasteiger partial charge >= 0.3 is 0 Å². The minimum atomic E-state index is 0.103. The highest BCUT2D eigenvalue weighted by molar-refractivity contribution is 6.42. The van der Waals surface area contributed by atoms with Crippen LogP contribution in [0, 0.1) is 5.92 Å². The van der Waals surface area contributed by atoms with Crippen LogP contribution in [0.1, 0.15) is 20.8 Å². The second-order valence-electron chi connectivity index (χ2n) is 4.56. The van der Waals surface area contributed by atoms with Crippen LogP contribution in [0.4, 0.5) is 0 Å². The fourth-order valence-electron chi connectivity index (χ4n) is 1.40. The van der Waals surface area contributed by atoms with Gasteiger partial charge in [-0.2, -0.15) is 0 Å². The molecule has 1 atom stereocenters. The minimum absolute atomic E-state index is 0.103. The number of benzene rings is 1. The molecule has 0 amide bonds. The second kappa shape index (κ2) is 7.10. The lowest BCUT2D eigenvalue weighted by Crippen LogP contribution is -2.31. The van der Waals surface area contributed by atoms with Crippen LogP contribution >= 0.6 is 23.2 Å². The van der Waals surface area contributed by atoms with Gasteiger partial charge < -0.3 is 10.1 Å². The molecule has 1 aromatic rings. The van der Waals surface area contributed by atoms with Gasteiger partial charge in [-0.3, -0.25) is 0 Å². The van der Waals surface area contributed by atoms with E-state index in [-0.39, 0.29) is 6.10 Å². The molecule has 0 spiro atoms. The first-order valence-electron chi connectivity index (χ1n) is 5.81. The van der Waals surface area contributed by atoms with Gasteiger partial charge in [0.25, 0.3) is 0 Å². The van der Waals surface area contributed by atoms with Crippen LogP contribution in [-0.2, 0) is 0 Å². The summed E-state index contributed by atoms with van der Waals surface area (Å²) < 4.78 is 5.73. The van der Waals surface area contributed by atoms with Gasteiger partial charge in [-0.1, -0.05) is 37.0 Å². The topological polar surface area (TPSA) is 21.3 Å². The Morgan fingerprint density at radius 1 is 1.12 bits per heavy atom. The van der Waals surface area contributed by atoms with Gasteiger partial charge in [0, 0.05) is 12.6 Å². The van der Waals surface area contributed by atoms with Gasteiger partial charge in [-0.15, -0.1) is 0 Å². The number of hydrogen-bond acceptors (Lipinski definition) is 2. The third-order valence-corrected chi connectivity index (χ3v) is 2.95. The van der Waals surface area contributed by atoms with Crippen LogP contribution in [0.3, 0.4) is 0 Å². The Hall–Kier alpha value is -0.440. The van der Waals surface area contributed by atoms with Crippen molar-refractivity contribution in [2.75, 3.05) is 13.1 Å². The lowest BCUT2D eigenvalue weighted by molar-refractivity contribution is 0.215. The minimum Gasteiger partial charge on any atom is -0.489 e. The van der Waals surface area contributed by atoms with Crippen LogP contribution in [0.2, 0.25) is 10.0 Å². The Morgan fingerprint density at radius 2 is 1.82 bits per heavy atom. The van der Waals surface area contributed by atoms with E-state index in [4.69, 9.17) is 27.9 Å². The maximum absolute atomic E-state index is 5.92. The molecule has 0 bridgehead atoms. The summed E-state index contributed by atoms with van der Waals surface area (Å²) >= 11 is 11.8. The van der Waals surface area contributed by atoms with E-state index in [0.29, 0.717) is 16.0 Å². The van der Waals surface area contributed by atoms with Crippen molar-refractivity contribution in [3.8, 4) is 5.75 Å². The van der Waals surface area contributed by atoms with Crippen molar-refractivity contribution in [2.45, 2.75) is 26.9 Å². The molecule has 0 aliphatic rings. The lowest BCUT2D eigenvalue weighted by atomic mass is 10.2. The average Bonchev–Trinajstić information content (AvgIpc) is 2.23. The van der Waals surface area contributed by atoms with Crippen molar-refractivity contribution in [1.82, 2.24) is 5.32 Å². The van der Waals surface area contributed by atoms with Crippen molar-refractivity contribution >= 4 is 23.2 Å². The summed E-state index contributed by atoms with van der Waals surface area (Å²) in [5, 5.41) is 4.41. The summed E-state index contributed by atoms with van der Waals surface area (Å²) in [6.45, 7) is 8.19. The molecule has 0 heterocycles. The Kier molecular flexibility index (Phi) is 6.10. The van der Waals surface area contributed by atoms with E-state index < -0.39 is 0 Å². The molecule has 4 heteroatoms. The van der Waals surface area contributed by atoms with Crippen molar-refractivity contribution in [2.24, 2.45) is 5.92 Å². The Labute approximate surface area is 113 Å². The van der Waals surface area contributed by atoms with Crippen LogP contribution in [0.5, 0.6) is 5.75 Å². The second-order valence-corrected chi connectivity index (χ2v) is 5.37. The molecule has 96 valence electrons. The van der Waals surface area contributed by atoms with Gasteiger partial charge in [-0.25, -0.2) is 0 Å². The zero-order valence-corrected chi connectivity index (χ0v) is 12.0. The van der Waals surface area contributed by atoms with Gasteiger partial charge in [0.1, 0.15) is 11.9 Å². The SMILES string of the molecule is CC(C)CNCC(C)Oc1ccc(Cl)c(Cl)c1. The van der Waals surface area contributed by atoms with Crippen LogP contribution in [-0.4, -0.2) is 19.2 Å². The summed E-state index contributed by atoms with van der Waals surface area (Å²) in [4.78, 5) is 0. The normalized spacial score (nSPS) is 12.8. The van der Waals surface area contributed by atoms with Crippen molar-refractivity contribution in [3.63, 3.8) is 0 Å². The molecule has 2 nitrogen and oxygen atoms in total. The molecular weight excluding hydrogens is 257 g/mol. The van der Waals surface area contributed by atoms with E-state index in [0.717, 1.165) is 18.8 Å². The van der Waals surface area contributed by atoms with E-state index in [2.05, 4.69) is 19.2 Å². The summed E-state index contributed by atoms with van der Waals surface area (Å²) in [6.07, 6.45) is 0.103. The molecular formula is C13H19Cl2NO. The fraction of sp³-hybridized carbons (Fsp3) is 0.538. The largest absolute Gasteiger partial charge is 0.489 e. The first kappa shape index (κ1) is 14.6. The van der Waals surface area contributed by atoms with Gasteiger partial charge in [0.15, 0.2) is 0 Å². The predicted molar refractivity (Wildman–Crippen MR) is 74.3 cm³/mol. The quantitative estimate of drug-likeness (QED) is 0.847. The first-order chi connectivity index (χ1) is 7.99. The molecule has 0 aliphatic carbocycles. The molecule has 0 radical (unpaired) electrons. The Morgan fingerprint density at radius 3 is 2.41 bits per heavy atom. The van der Waals surface area contributed by atoms with Gasteiger partial charge in [0.05, 0.1) is 10.0 Å². The number of halogens is 2. The summed E-state index contributed by atoms with van der Waals surface area (Å²) in [5.74, 6) is 1.39. The molecule has 1 aromatic carbocycles. The van der Waals surface area contributed by atoms with Crippen molar-refractivity contribution in [1.29, 1.82) is 0 Å². The molecule has 0 fully saturated rings. The summed E-state index contributed by atoms with van der Waals surface area (Å²) in [7, 11) is 0. The standard InChI is InChI=1S/C13H19Cl2NO/c1-9(2)7-16-8-10(3)17-11-4-5-12(14)13(15)6-11/h4-6,9-10,16H,7-8H2,1-3H3. The van der Waals surface area contributed by atoms with Crippen LogP contribution in [0.25, 0.3) is 0 Å². The Bertz CT molecular complexity index is 355. The molecule has 0 aliphatic heterocycles. The predicted octanol–water partition coefficient (Wildman–Crippen LogP) is 4.01. The zero-order valence-electron chi connectivity index (χ0n) is 10.5. The van der Waals surface area contributed by atoms with E-state index in [1.165, 1.54) is 0 Å². The highest BCUT2D eigenvalue weighted by atomic mass is 35.5. The van der Waals surface area contributed by atoms with E-state index in [9.17, 15) is 0 Å². The zero-order chi connectivity index (χ0) is 12.8. The van der Waals surface area contributed by atoms with Crippen molar-refractivity contribution < 1.29 is 4.74 Å². The number of rotatable bonds is 6. The maximum Gasteiger partial charge on any atom is 0.121 e. The number of nitrogens with one attached hydrogen (secondary N) is 1. The smallest absolute Gasteiger partial charge is 0.121 e. The molecule has 1 N–H and O–H groups in total. The molecule has 1 unspecified atom stereocenters. The number of hydrogen-bond donors (Lipinski definition) is 1. The maximum atomic E-state index is 5.92. The average molecular weight is 276 g/mol. The number of ether oxygens (including phenoxy) is 1. The van der Waals surface area contributed by atoms with Gasteiger partial charge in [-0.05, 0) is 31.5 Å². The molecule has 0 saturated carbocycles. The third-order valence-electron chi connectivity index (χ3n) is 2.21. The third kappa shape index (κ3) is 5.62. The first-order valence-corrected chi connectivity index (χ1v) is 6.57. The molecule has 17 heavy (non-hydrogen) atoms. The Balaban J connectivity index is 2.39. The molecule has 0 aromatic heterocycles. The lowest BCUT2D eigenvalue weighted by Gasteiger charge is -2.16. The van der Waals surface area contributed by atoms with E-state index in [1.807, 2.05) is 13.0 Å². The van der Waals surface area contributed by atoms with Crippen LogP contribution in [0.15, 0.2) is 18.2 Å². The fourth-order valence-corrected chi connectivity index (χ4v) is 1.69. The van der Waals surface area contributed by atoms with Crippen molar-refractivity contribution in [3.05, 3.63) is 28.2 Å². The highest BCUT2D eigenvalue weighted by Gasteiger charge is 2.06. The van der Waals surface area contributed by atoms with Crippen LogP contribution < -0.4 is 10.1 Å². The highest BCUT2D eigenvalue weighted by Crippen LogP contribution is 2.26. The summed E-state index contributed by atoms with van der Waals surface area (Å²) in [6, 6.07) is 5.31. The summed E-state index contributed by atoms with van der Waals surface area (Å²) in [5.41, 5.74) is 0. The van der Waals surface area contributed by atoms with E-state index in [1.54, 1.807) is 12.1 Å². The molecule has 1 rings (SSSR count). The molecule has 0 saturated heterocycles. The monoisotopic (exact) mass is 275 g/mol. The van der Waals surface area contributed by atoms with Gasteiger partial charge in [0.2, 0.25) is 0 Å².